The van der Waals surface area contributed by atoms with Crippen molar-refractivity contribution < 1.29 is 18.7 Å². The van der Waals surface area contributed by atoms with Gasteiger partial charge in [0.05, 0.1) is 34.8 Å². The molecule has 31 heavy (non-hydrogen) atoms. The van der Waals surface area contributed by atoms with Gasteiger partial charge in [0.15, 0.2) is 0 Å². The van der Waals surface area contributed by atoms with Crippen LogP contribution in [0.15, 0.2) is 70.2 Å². The van der Waals surface area contributed by atoms with Crippen molar-refractivity contribution in [2.24, 2.45) is 0 Å². The number of anilines is 1. The third-order valence-electron chi connectivity index (χ3n) is 5.18. The average Bonchev–Trinajstić information content (AvgIpc) is 3.36. The second kappa shape index (κ2) is 8.86. The smallest absolute Gasteiger partial charge is 0.272 e. The molecule has 0 unspecified atom stereocenters. The zero-order valence-corrected chi connectivity index (χ0v) is 18.5. The van der Waals surface area contributed by atoms with Gasteiger partial charge in [-0.2, -0.15) is 0 Å². The molecule has 1 aliphatic heterocycles. The highest BCUT2D eigenvalue weighted by molar-refractivity contribution is 8.03. The van der Waals surface area contributed by atoms with Crippen LogP contribution in [0.4, 0.5) is 5.69 Å². The highest BCUT2D eigenvalue weighted by Crippen LogP contribution is 2.42. The highest BCUT2D eigenvalue weighted by atomic mass is 32.2. The number of rotatable bonds is 7. The molecule has 2 heterocycles. The van der Waals surface area contributed by atoms with Crippen molar-refractivity contribution >= 4 is 34.8 Å². The van der Waals surface area contributed by atoms with E-state index in [1.807, 2.05) is 51.1 Å². The number of ether oxygens (including phenoxy) is 1. The molecule has 0 radical (unpaired) electrons. The van der Waals surface area contributed by atoms with Gasteiger partial charge in [0.25, 0.3) is 11.8 Å². The van der Waals surface area contributed by atoms with Crippen molar-refractivity contribution in [3.8, 4) is 5.75 Å². The Balaban J connectivity index is 1.79. The summed E-state index contributed by atoms with van der Waals surface area (Å²) in [4.78, 5) is 28.7. The van der Waals surface area contributed by atoms with E-state index < -0.39 is 0 Å². The summed E-state index contributed by atoms with van der Waals surface area (Å²) in [6.07, 6.45) is 1.60. The van der Waals surface area contributed by atoms with Gasteiger partial charge in [0, 0.05) is 0 Å². The van der Waals surface area contributed by atoms with Crippen LogP contribution in [0.25, 0.3) is 5.57 Å². The molecular formula is C25H23NO4S. The third kappa shape index (κ3) is 4.03. The second-order valence-corrected chi connectivity index (χ2v) is 8.20. The normalized spacial score (nSPS) is 14.0. The molecular weight excluding hydrogens is 410 g/mol. The van der Waals surface area contributed by atoms with E-state index >= 15 is 0 Å². The minimum atomic E-state index is -0.345. The summed E-state index contributed by atoms with van der Waals surface area (Å²) in [5.41, 5.74) is 3.79. The minimum absolute atomic E-state index is 0.345. The number of hydrogen-bond donors (Lipinski definition) is 0. The lowest BCUT2D eigenvalue weighted by atomic mass is 10.0. The lowest BCUT2D eigenvalue weighted by molar-refractivity contribution is -0.119. The Labute approximate surface area is 185 Å². The summed E-state index contributed by atoms with van der Waals surface area (Å²) in [6.45, 7) is 6.32. The SMILES string of the molecule is CCOc1ccccc1N1C(=O)C(SCc2ccco2)=C(c2ccc(C)c(C)c2)C1=O. The van der Waals surface area contributed by atoms with Gasteiger partial charge in [-0.1, -0.05) is 30.3 Å². The van der Waals surface area contributed by atoms with Crippen LogP contribution in [-0.4, -0.2) is 18.4 Å². The van der Waals surface area contributed by atoms with Crippen LogP contribution in [0.3, 0.4) is 0 Å². The van der Waals surface area contributed by atoms with Crippen LogP contribution in [-0.2, 0) is 15.3 Å². The third-order valence-corrected chi connectivity index (χ3v) is 6.28. The number of carbonyl (C=O) groups excluding carboxylic acids is 2. The van der Waals surface area contributed by atoms with Gasteiger partial charge in [0.1, 0.15) is 11.5 Å². The zero-order chi connectivity index (χ0) is 22.0. The summed E-state index contributed by atoms with van der Waals surface area (Å²) < 4.78 is 11.1. The van der Waals surface area contributed by atoms with Crippen LogP contribution < -0.4 is 9.64 Å². The van der Waals surface area contributed by atoms with Crippen molar-refractivity contribution in [2.75, 3.05) is 11.5 Å². The van der Waals surface area contributed by atoms with E-state index in [0.717, 1.165) is 22.5 Å². The Bertz CT molecular complexity index is 1160. The standard InChI is InChI=1S/C25H23NO4S/c1-4-29-21-10-6-5-9-20(21)26-24(27)22(18-12-11-16(2)17(3)14-18)23(25(26)28)31-15-19-8-7-13-30-19/h5-14H,4,15H2,1-3H3. The molecule has 0 saturated carbocycles. The molecule has 1 aromatic heterocycles. The molecule has 0 atom stereocenters. The van der Waals surface area contributed by atoms with Gasteiger partial charge in [-0.05, 0) is 61.7 Å². The molecule has 3 aromatic rings. The lowest BCUT2D eigenvalue weighted by Crippen LogP contribution is -2.31. The maximum absolute atomic E-state index is 13.6. The molecule has 1 aliphatic rings. The number of carbonyl (C=O) groups is 2. The molecule has 5 nitrogen and oxygen atoms in total. The molecule has 2 amide bonds. The number of para-hydroxylation sites is 2. The Hall–Kier alpha value is -3.25. The van der Waals surface area contributed by atoms with Crippen LogP contribution in [0.1, 0.15) is 29.4 Å². The van der Waals surface area contributed by atoms with Crippen LogP contribution in [0, 0.1) is 13.8 Å². The Morgan fingerprint density at radius 2 is 1.77 bits per heavy atom. The largest absolute Gasteiger partial charge is 0.492 e. The van der Waals surface area contributed by atoms with Crippen molar-refractivity contribution in [3.63, 3.8) is 0 Å². The van der Waals surface area contributed by atoms with Gasteiger partial charge >= 0.3 is 0 Å². The van der Waals surface area contributed by atoms with Crippen LogP contribution in [0.5, 0.6) is 5.75 Å². The minimum Gasteiger partial charge on any atom is -0.492 e. The maximum atomic E-state index is 13.6. The van der Waals surface area contributed by atoms with Crippen LogP contribution >= 0.6 is 11.8 Å². The summed E-state index contributed by atoms with van der Waals surface area (Å²) in [5, 5.41) is 0. The first kappa shape index (κ1) is 21.0. The monoisotopic (exact) mass is 433 g/mol. The van der Waals surface area contributed by atoms with E-state index in [4.69, 9.17) is 9.15 Å². The zero-order valence-electron chi connectivity index (χ0n) is 17.7. The number of amides is 2. The topological polar surface area (TPSA) is 59.8 Å². The number of nitrogens with zero attached hydrogens (tertiary/aromatic N) is 1. The number of furan rings is 1. The van der Waals surface area contributed by atoms with Gasteiger partial charge in [0.2, 0.25) is 0 Å². The highest BCUT2D eigenvalue weighted by Gasteiger charge is 2.41. The molecule has 0 fully saturated rings. The molecule has 158 valence electrons. The molecule has 0 bridgehead atoms. The van der Waals surface area contributed by atoms with Gasteiger partial charge in [-0.15, -0.1) is 11.8 Å². The van der Waals surface area contributed by atoms with E-state index in [-0.39, 0.29) is 11.8 Å². The van der Waals surface area contributed by atoms with Gasteiger partial charge < -0.3 is 9.15 Å². The van der Waals surface area contributed by atoms with E-state index in [9.17, 15) is 9.59 Å². The predicted octanol–water partition coefficient (Wildman–Crippen LogP) is 5.51. The number of aryl methyl sites for hydroxylation is 2. The van der Waals surface area contributed by atoms with E-state index in [1.165, 1.54) is 16.7 Å². The molecule has 0 aliphatic carbocycles. The molecule has 6 heteroatoms. The van der Waals surface area contributed by atoms with Crippen molar-refractivity contribution in [1.29, 1.82) is 0 Å². The lowest BCUT2D eigenvalue weighted by Gasteiger charge is -2.19. The fraction of sp³-hybridized carbons (Fsp3) is 0.200. The quantitative estimate of drug-likeness (QED) is 0.460. The maximum Gasteiger partial charge on any atom is 0.272 e. The van der Waals surface area contributed by atoms with Gasteiger partial charge in [-0.3, -0.25) is 9.59 Å². The summed E-state index contributed by atoms with van der Waals surface area (Å²) in [6, 6.07) is 16.6. The summed E-state index contributed by atoms with van der Waals surface area (Å²) >= 11 is 1.32. The van der Waals surface area contributed by atoms with Crippen molar-refractivity contribution in [2.45, 2.75) is 26.5 Å². The number of benzene rings is 2. The Kier molecular flexibility index (Phi) is 6.00. The predicted molar refractivity (Wildman–Crippen MR) is 123 cm³/mol. The molecule has 0 spiro atoms. The Morgan fingerprint density at radius 3 is 2.48 bits per heavy atom. The first-order valence-electron chi connectivity index (χ1n) is 10.1. The average molecular weight is 434 g/mol. The van der Waals surface area contributed by atoms with Crippen molar-refractivity contribution in [3.05, 3.63) is 88.2 Å². The fourth-order valence-electron chi connectivity index (χ4n) is 3.47. The summed E-state index contributed by atoms with van der Waals surface area (Å²) in [7, 11) is 0. The first-order chi connectivity index (χ1) is 15.0. The second-order valence-electron chi connectivity index (χ2n) is 7.22. The number of imide groups is 1. The fourth-order valence-corrected chi connectivity index (χ4v) is 4.49. The number of thioether (sulfide) groups is 1. The van der Waals surface area contributed by atoms with Crippen LogP contribution in [0.2, 0.25) is 0 Å². The molecule has 0 saturated heterocycles. The van der Waals surface area contributed by atoms with Gasteiger partial charge in [-0.25, -0.2) is 4.90 Å². The van der Waals surface area contributed by atoms with Crippen molar-refractivity contribution in [1.82, 2.24) is 0 Å². The van der Waals surface area contributed by atoms with E-state index in [2.05, 4.69) is 0 Å². The van der Waals surface area contributed by atoms with E-state index in [1.54, 1.807) is 30.5 Å². The number of hydrogen-bond acceptors (Lipinski definition) is 5. The summed E-state index contributed by atoms with van der Waals surface area (Å²) in [5.74, 6) is 1.01. The van der Waals surface area contributed by atoms with E-state index in [0.29, 0.717) is 34.3 Å². The first-order valence-corrected chi connectivity index (χ1v) is 11.1. The Morgan fingerprint density at radius 1 is 0.968 bits per heavy atom. The molecule has 0 N–H and O–H groups in total. The molecule has 4 rings (SSSR count). The molecule has 2 aromatic carbocycles.